The molecule has 6 heteroatoms. The van der Waals surface area contributed by atoms with Crippen LogP contribution in [0.25, 0.3) is 0 Å². The smallest absolute Gasteiger partial charge is 0.320 e. The van der Waals surface area contributed by atoms with Crippen molar-refractivity contribution in [1.29, 1.82) is 0 Å². The van der Waals surface area contributed by atoms with Crippen molar-refractivity contribution in [2.24, 2.45) is 11.8 Å². The molecule has 1 saturated heterocycles. The van der Waals surface area contributed by atoms with E-state index < -0.39 is 0 Å². The number of carbonyl (C=O) groups excluding carboxylic acids is 2. The third-order valence-electron chi connectivity index (χ3n) is 14.3. The Labute approximate surface area is 395 Å². The van der Waals surface area contributed by atoms with Crippen LogP contribution in [0.2, 0.25) is 0 Å². The minimum atomic E-state index is -0.0713. The lowest BCUT2D eigenvalue weighted by molar-refractivity contribution is -0.146. The van der Waals surface area contributed by atoms with E-state index in [0.29, 0.717) is 31.4 Å². The maximum absolute atomic E-state index is 14.0. The average Bonchev–Trinajstić information content (AvgIpc) is 3.77. The van der Waals surface area contributed by atoms with Gasteiger partial charge >= 0.3 is 5.97 Å². The molecule has 0 N–H and O–H groups in total. The van der Waals surface area contributed by atoms with E-state index in [1.807, 2.05) is 0 Å². The molecule has 63 heavy (non-hydrogen) atoms. The van der Waals surface area contributed by atoms with Crippen molar-refractivity contribution in [2.45, 2.75) is 285 Å². The largest absolute Gasteiger partial charge is 0.464 e. The number of carbonyl (C=O) groups is 2. The Morgan fingerprint density at radius 2 is 0.825 bits per heavy atom. The Morgan fingerprint density at radius 3 is 1.24 bits per heavy atom. The van der Waals surface area contributed by atoms with Gasteiger partial charge in [-0.2, -0.15) is 0 Å². The van der Waals surface area contributed by atoms with Crippen molar-refractivity contribution < 1.29 is 14.3 Å². The van der Waals surface area contributed by atoms with Gasteiger partial charge in [-0.05, 0) is 83.6 Å². The summed E-state index contributed by atoms with van der Waals surface area (Å²) < 4.78 is 5.98. The highest BCUT2D eigenvalue weighted by Gasteiger charge is 2.29. The van der Waals surface area contributed by atoms with E-state index in [1.54, 1.807) is 0 Å². The van der Waals surface area contributed by atoms with Gasteiger partial charge in [0, 0.05) is 25.4 Å². The second-order valence-corrected chi connectivity index (χ2v) is 20.5. The van der Waals surface area contributed by atoms with Gasteiger partial charge in [-0.3, -0.25) is 14.5 Å². The summed E-state index contributed by atoms with van der Waals surface area (Å²) in [5.41, 5.74) is 0. The monoisotopic (exact) mass is 888 g/mol. The van der Waals surface area contributed by atoms with Crippen molar-refractivity contribution in [3.8, 4) is 0 Å². The summed E-state index contributed by atoms with van der Waals surface area (Å²) in [6.45, 7) is 19.5. The highest BCUT2D eigenvalue weighted by Crippen LogP contribution is 2.25. The van der Waals surface area contributed by atoms with Crippen LogP contribution in [0.4, 0.5) is 0 Å². The van der Waals surface area contributed by atoms with Crippen LogP contribution in [0.3, 0.4) is 0 Å². The van der Waals surface area contributed by atoms with Gasteiger partial charge < -0.3 is 14.5 Å². The summed E-state index contributed by atoms with van der Waals surface area (Å²) in [5.74, 6) is 1.00. The minimum absolute atomic E-state index is 0.0713. The van der Waals surface area contributed by atoms with Gasteiger partial charge in [0.15, 0.2) is 0 Å². The van der Waals surface area contributed by atoms with Gasteiger partial charge in [0.2, 0.25) is 5.91 Å². The molecule has 1 amide bonds. The van der Waals surface area contributed by atoms with Crippen LogP contribution < -0.4 is 0 Å². The fourth-order valence-electron chi connectivity index (χ4n) is 9.89. The van der Waals surface area contributed by atoms with E-state index in [-0.39, 0.29) is 11.9 Å². The minimum Gasteiger partial charge on any atom is -0.464 e. The molecular weight excluding hydrogens is 775 g/mol. The fourth-order valence-corrected chi connectivity index (χ4v) is 9.89. The first-order valence-electron chi connectivity index (χ1n) is 28.8. The van der Waals surface area contributed by atoms with Crippen LogP contribution in [0, 0.1) is 11.8 Å². The van der Waals surface area contributed by atoms with Gasteiger partial charge in [0.25, 0.3) is 0 Å². The van der Waals surface area contributed by atoms with Crippen LogP contribution >= 0.6 is 0 Å². The third kappa shape index (κ3) is 37.6. The molecular formula is C57H113N3O3. The van der Waals surface area contributed by atoms with Gasteiger partial charge in [0.1, 0.15) is 0 Å². The number of likely N-dealkylation sites (tertiary alicyclic amines) is 1. The first kappa shape index (κ1) is 59.9. The predicted molar refractivity (Wildman–Crippen MR) is 276 cm³/mol. The van der Waals surface area contributed by atoms with Crippen LogP contribution in [0.15, 0.2) is 0 Å². The predicted octanol–water partition coefficient (Wildman–Crippen LogP) is 16.5. The summed E-state index contributed by atoms with van der Waals surface area (Å²) in [6.07, 6.45) is 50.5. The first-order valence-corrected chi connectivity index (χ1v) is 28.8. The average molecular weight is 889 g/mol. The zero-order valence-electron chi connectivity index (χ0n) is 43.7. The Morgan fingerprint density at radius 1 is 0.460 bits per heavy atom. The van der Waals surface area contributed by atoms with Gasteiger partial charge in [0.05, 0.1) is 13.2 Å². The first-order chi connectivity index (χ1) is 31.0. The van der Waals surface area contributed by atoms with Crippen molar-refractivity contribution in [3.63, 3.8) is 0 Å². The maximum Gasteiger partial charge on any atom is 0.320 e. The lowest BCUT2D eigenvalue weighted by atomic mass is 9.93. The molecule has 0 aromatic heterocycles. The third-order valence-corrected chi connectivity index (χ3v) is 14.3. The van der Waals surface area contributed by atoms with Crippen molar-refractivity contribution >= 4 is 11.9 Å². The van der Waals surface area contributed by atoms with Crippen molar-refractivity contribution in [3.05, 3.63) is 0 Å². The molecule has 0 aromatic carbocycles. The van der Waals surface area contributed by atoms with E-state index >= 15 is 0 Å². The van der Waals surface area contributed by atoms with E-state index in [1.165, 1.54) is 244 Å². The van der Waals surface area contributed by atoms with E-state index in [4.69, 9.17) is 4.74 Å². The molecule has 1 aliphatic rings. The number of unbranched alkanes of at least 4 members (excludes halogenated alkanes) is 30. The molecule has 374 valence electrons. The molecule has 0 bridgehead atoms. The molecule has 0 aromatic rings. The van der Waals surface area contributed by atoms with Gasteiger partial charge in [-0.15, -0.1) is 0 Å². The van der Waals surface area contributed by atoms with Crippen LogP contribution in [-0.2, 0) is 14.3 Å². The number of rotatable bonds is 49. The van der Waals surface area contributed by atoms with E-state index in [2.05, 4.69) is 49.3 Å². The Hall–Kier alpha value is -1.14. The molecule has 1 heterocycles. The topological polar surface area (TPSA) is 53.1 Å². The SMILES string of the molecule is CCCCCCCCCC(CCN(CCCCCCCCC)CCCCCCCCC)CC(=O)N1CCC(COC(=O)CN(CCCCCCCCC)CCCCCCCCC)C1. The number of nitrogens with zero attached hydrogens (tertiary/aromatic N) is 3. The normalized spacial score (nSPS) is 14.7. The maximum atomic E-state index is 14.0. The number of ether oxygens (including phenoxy) is 1. The molecule has 0 radical (unpaired) electrons. The second-order valence-electron chi connectivity index (χ2n) is 20.5. The molecule has 2 atom stereocenters. The quantitative estimate of drug-likeness (QED) is 0.0450. The highest BCUT2D eigenvalue weighted by molar-refractivity contribution is 5.76. The van der Waals surface area contributed by atoms with Crippen LogP contribution in [0.5, 0.6) is 0 Å². The van der Waals surface area contributed by atoms with E-state index in [0.717, 1.165) is 45.6 Å². The Bertz CT molecular complexity index is 940. The molecule has 0 spiro atoms. The number of hydrogen-bond acceptors (Lipinski definition) is 5. The molecule has 0 saturated carbocycles. The number of hydrogen-bond donors (Lipinski definition) is 0. The molecule has 2 unspecified atom stereocenters. The summed E-state index contributed by atoms with van der Waals surface area (Å²) in [5, 5.41) is 0. The van der Waals surface area contributed by atoms with E-state index in [9.17, 15) is 9.59 Å². The number of esters is 1. The summed E-state index contributed by atoms with van der Waals surface area (Å²) in [4.78, 5) is 34.5. The zero-order valence-corrected chi connectivity index (χ0v) is 43.7. The van der Waals surface area contributed by atoms with Crippen LogP contribution in [-0.4, -0.2) is 85.5 Å². The molecule has 1 aliphatic heterocycles. The summed E-state index contributed by atoms with van der Waals surface area (Å²) in [6, 6.07) is 0. The summed E-state index contributed by atoms with van der Waals surface area (Å²) >= 11 is 0. The molecule has 0 aliphatic carbocycles. The Balaban J connectivity index is 2.72. The van der Waals surface area contributed by atoms with Gasteiger partial charge in [-0.1, -0.05) is 234 Å². The van der Waals surface area contributed by atoms with Gasteiger partial charge in [-0.25, -0.2) is 0 Å². The lowest BCUT2D eigenvalue weighted by Gasteiger charge is -2.26. The van der Waals surface area contributed by atoms with Crippen LogP contribution in [0.1, 0.15) is 285 Å². The summed E-state index contributed by atoms with van der Waals surface area (Å²) in [7, 11) is 0. The molecule has 6 nitrogen and oxygen atoms in total. The highest BCUT2D eigenvalue weighted by atomic mass is 16.5. The Kier molecular flexibility index (Phi) is 43.7. The fraction of sp³-hybridized carbons (Fsp3) is 0.965. The zero-order chi connectivity index (χ0) is 45.7. The van der Waals surface area contributed by atoms with Crippen molar-refractivity contribution in [1.82, 2.24) is 14.7 Å². The number of amides is 1. The lowest BCUT2D eigenvalue weighted by Crippen LogP contribution is -2.34. The standard InChI is InChI=1S/C57H113N3O3/c1-6-11-16-21-26-31-36-41-54(42-48-58(44-37-32-27-22-17-12-7-2)45-38-33-28-23-18-13-8-3)50-56(61)60-49-43-55(51-60)53-63-57(62)52-59(46-39-34-29-24-19-14-9-4)47-40-35-30-25-20-15-10-5/h54-55H,6-53H2,1-5H3. The molecule has 1 fully saturated rings. The molecule has 1 rings (SSSR count). The van der Waals surface area contributed by atoms with Crippen molar-refractivity contribution in [2.75, 3.05) is 59.0 Å². The second kappa shape index (κ2) is 46.0.